The van der Waals surface area contributed by atoms with Gasteiger partial charge in [0.1, 0.15) is 0 Å². The van der Waals surface area contributed by atoms with Gasteiger partial charge in [-0.05, 0) is 18.6 Å². The van der Waals surface area contributed by atoms with E-state index in [0.29, 0.717) is 38.3 Å². The Morgan fingerprint density at radius 2 is 2.27 bits per heavy atom. The highest BCUT2D eigenvalue weighted by Gasteiger charge is 2.24. The molecule has 1 atom stereocenters. The summed E-state index contributed by atoms with van der Waals surface area (Å²) in [6.45, 7) is 2.73. The Balaban J connectivity index is 1.66. The van der Waals surface area contributed by atoms with Crippen LogP contribution in [0, 0.1) is 0 Å². The van der Waals surface area contributed by atoms with Gasteiger partial charge in [0.15, 0.2) is 0 Å². The lowest BCUT2D eigenvalue weighted by molar-refractivity contribution is -0.118. The van der Waals surface area contributed by atoms with Gasteiger partial charge in [-0.2, -0.15) is 0 Å². The number of anilines is 2. The topological polar surface area (TPSA) is 70.7 Å². The molecule has 118 valence electrons. The van der Waals surface area contributed by atoms with E-state index < -0.39 is 0 Å². The van der Waals surface area contributed by atoms with Gasteiger partial charge >= 0.3 is 0 Å². The predicted molar refractivity (Wildman–Crippen MR) is 83.9 cm³/mol. The quantitative estimate of drug-likeness (QED) is 0.875. The number of rotatable bonds is 4. The average Bonchev–Trinajstić information content (AvgIpc) is 2.95. The van der Waals surface area contributed by atoms with E-state index >= 15 is 0 Å². The highest BCUT2D eigenvalue weighted by molar-refractivity contribution is 6.02. The van der Waals surface area contributed by atoms with Gasteiger partial charge in [0.25, 0.3) is 0 Å². The molecule has 0 radical (unpaired) electrons. The first-order valence-electron chi connectivity index (χ1n) is 7.74. The summed E-state index contributed by atoms with van der Waals surface area (Å²) < 4.78 is 5.36. The Labute approximate surface area is 129 Å². The van der Waals surface area contributed by atoms with Crippen LogP contribution < -0.4 is 15.5 Å². The number of amides is 2. The Hall–Kier alpha value is -1.92. The van der Waals surface area contributed by atoms with Crippen molar-refractivity contribution in [3.63, 3.8) is 0 Å². The molecule has 2 aliphatic rings. The minimum Gasteiger partial charge on any atom is -0.378 e. The van der Waals surface area contributed by atoms with Crippen molar-refractivity contribution in [2.45, 2.75) is 25.3 Å². The zero-order chi connectivity index (χ0) is 15.4. The zero-order valence-corrected chi connectivity index (χ0v) is 12.5. The van der Waals surface area contributed by atoms with Crippen molar-refractivity contribution in [3.8, 4) is 0 Å². The van der Waals surface area contributed by atoms with Crippen molar-refractivity contribution in [2.24, 2.45) is 0 Å². The minimum atomic E-state index is -0.0675. The average molecular weight is 303 g/mol. The number of hydrogen-bond acceptors (Lipinski definition) is 4. The fraction of sp³-hybridized carbons (Fsp3) is 0.500. The van der Waals surface area contributed by atoms with Gasteiger partial charge in [-0.3, -0.25) is 9.59 Å². The van der Waals surface area contributed by atoms with Crippen molar-refractivity contribution in [3.05, 3.63) is 24.3 Å². The van der Waals surface area contributed by atoms with Crippen molar-refractivity contribution in [2.75, 3.05) is 36.5 Å². The summed E-state index contributed by atoms with van der Waals surface area (Å²) in [5, 5.41) is 6.19. The summed E-state index contributed by atoms with van der Waals surface area (Å²) in [4.78, 5) is 25.9. The van der Waals surface area contributed by atoms with E-state index in [2.05, 4.69) is 10.6 Å². The first kappa shape index (κ1) is 15.0. The van der Waals surface area contributed by atoms with Gasteiger partial charge in [-0.25, -0.2) is 0 Å². The molecule has 0 aromatic heterocycles. The lowest BCUT2D eigenvalue weighted by atomic mass is 10.1. The van der Waals surface area contributed by atoms with Crippen molar-refractivity contribution < 1.29 is 14.3 Å². The molecule has 6 nitrogen and oxygen atoms in total. The summed E-state index contributed by atoms with van der Waals surface area (Å²) in [7, 11) is 0. The molecule has 1 unspecified atom stereocenters. The van der Waals surface area contributed by atoms with Crippen molar-refractivity contribution >= 4 is 23.2 Å². The first-order chi connectivity index (χ1) is 10.7. The number of para-hydroxylation sites is 2. The fourth-order valence-corrected chi connectivity index (χ4v) is 2.89. The number of carbonyl (C=O) groups excluding carboxylic acids is 2. The minimum absolute atomic E-state index is 0.0503. The normalized spacial score (nSPS) is 21.9. The molecule has 2 aliphatic heterocycles. The molecule has 0 bridgehead atoms. The third-order valence-electron chi connectivity index (χ3n) is 3.97. The van der Waals surface area contributed by atoms with E-state index in [1.165, 1.54) is 0 Å². The fourth-order valence-electron chi connectivity index (χ4n) is 2.89. The molecule has 0 aliphatic carbocycles. The molecular weight excluding hydrogens is 282 g/mol. The molecule has 22 heavy (non-hydrogen) atoms. The van der Waals surface area contributed by atoms with Crippen LogP contribution in [0.2, 0.25) is 0 Å². The van der Waals surface area contributed by atoms with Crippen LogP contribution >= 0.6 is 0 Å². The molecule has 1 aromatic carbocycles. The molecule has 0 saturated carbocycles. The third-order valence-corrected chi connectivity index (χ3v) is 3.97. The number of carbonyl (C=O) groups is 2. The second-order valence-electron chi connectivity index (χ2n) is 5.64. The number of nitrogens with one attached hydrogen (secondary N) is 2. The summed E-state index contributed by atoms with van der Waals surface area (Å²) in [5.41, 5.74) is 1.48. The SMILES string of the molecule is O=C(CC1COCCN1)Nc1ccccc1N1CCCC1=O. The highest BCUT2D eigenvalue weighted by atomic mass is 16.5. The summed E-state index contributed by atoms with van der Waals surface area (Å²) in [6, 6.07) is 7.51. The summed E-state index contributed by atoms with van der Waals surface area (Å²) in [6.07, 6.45) is 1.80. The Kier molecular flexibility index (Phi) is 4.70. The van der Waals surface area contributed by atoms with Gasteiger partial charge in [-0.1, -0.05) is 12.1 Å². The molecule has 0 spiro atoms. The van der Waals surface area contributed by atoms with Crippen LogP contribution in [-0.2, 0) is 14.3 Å². The lowest BCUT2D eigenvalue weighted by Crippen LogP contribution is -2.43. The van der Waals surface area contributed by atoms with Crippen molar-refractivity contribution in [1.82, 2.24) is 5.32 Å². The zero-order valence-electron chi connectivity index (χ0n) is 12.5. The molecule has 2 N–H and O–H groups in total. The van der Waals surface area contributed by atoms with E-state index in [0.717, 1.165) is 18.7 Å². The maximum atomic E-state index is 12.2. The second kappa shape index (κ2) is 6.89. The molecule has 2 fully saturated rings. The van der Waals surface area contributed by atoms with E-state index in [1.807, 2.05) is 24.3 Å². The smallest absolute Gasteiger partial charge is 0.227 e. The Morgan fingerprint density at radius 1 is 1.41 bits per heavy atom. The summed E-state index contributed by atoms with van der Waals surface area (Å²) in [5.74, 6) is 0.0474. The molecule has 1 aromatic rings. The van der Waals surface area contributed by atoms with Crippen LogP contribution in [0.3, 0.4) is 0 Å². The predicted octanol–water partition coefficient (Wildman–Crippen LogP) is 1.13. The van der Waals surface area contributed by atoms with Crippen LogP contribution in [0.1, 0.15) is 19.3 Å². The van der Waals surface area contributed by atoms with E-state index in [4.69, 9.17) is 4.74 Å². The van der Waals surface area contributed by atoms with Crippen LogP contribution in [-0.4, -0.2) is 44.2 Å². The van der Waals surface area contributed by atoms with Gasteiger partial charge in [0.05, 0.1) is 24.6 Å². The number of nitrogens with zero attached hydrogens (tertiary/aromatic N) is 1. The number of morpholine rings is 1. The maximum Gasteiger partial charge on any atom is 0.227 e. The maximum absolute atomic E-state index is 12.2. The number of benzene rings is 1. The molecular formula is C16H21N3O3. The Morgan fingerprint density at radius 3 is 3.00 bits per heavy atom. The molecule has 2 saturated heterocycles. The number of hydrogen-bond donors (Lipinski definition) is 2. The molecule has 2 heterocycles. The Bertz CT molecular complexity index is 555. The lowest BCUT2D eigenvalue weighted by Gasteiger charge is -2.24. The molecule has 3 rings (SSSR count). The van der Waals surface area contributed by atoms with E-state index in [-0.39, 0.29) is 17.9 Å². The first-order valence-corrected chi connectivity index (χ1v) is 7.74. The van der Waals surface area contributed by atoms with Crippen LogP contribution in [0.15, 0.2) is 24.3 Å². The van der Waals surface area contributed by atoms with Gasteiger partial charge in [-0.15, -0.1) is 0 Å². The number of ether oxygens (including phenoxy) is 1. The van der Waals surface area contributed by atoms with Gasteiger partial charge < -0.3 is 20.3 Å². The molecule has 2 amide bonds. The van der Waals surface area contributed by atoms with E-state index in [1.54, 1.807) is 4.90 Å². The summed E-state index contributed by atoms with van der Waals surface area (Å²) >= 11 is 0. The van der Waals surface area contributed by atoms with Gasteiger partial charge in [0, 0.05) is 32.0 Å². The van der Waals surface area contributed by atoms with Crippen LogP contribution in [0.25, 0.3) is 0 Å². The van der Waals surface area contributed by atoms with E-state index in [9.17, 15) is 9.59 Å². The standard InChI is InChI=1S/C16H21N3O3/c20-15(10-12-11-22-9-7-17-12)18-13-4-1-2-5-14(13)19-8-3-6-16(19)21/h1-2,4-5,12,17H,3,6-11H2,(H,18,20). The largest absolute Gasteiger partial charge is 0.378 e. The van der Waals surface area contributed by atoms with Crippen LogP contribution in [0.4, 0.5) is 11.4 Å². The second-order valence-corrected chi connectivity index (χ2v) is 5.64. The molecule has 6 heteroatoms. The van der Waals surface area contributed by atoms with Crippen LogP contribution in [0.5, 0.6) is 0 Å². The third kappa shape index (κ3) is 3.45. The monoisotopic (exact) mass is 303 g/mol. The van der Waals surface area contributed by atoms with Gasteiger partial charge in [0.2, 0.25) is 11.8 Å². The highest BCUT2D eigenvalue weighted by Crippen LogP contribution is 2.29. The van der Waals surface area contributed by atoms with Crippen molar-refractivity contribution in [1.29, 1.82) is 0 Å².